The molecule has 0 atom stereocenters. The maximum atomic E-state index is 13.0. The van der Waals surface area contributed by atoms with Crippen molar-refractivity contribution in [3.63, 3.8) is 0 Å². The van der Waals surface area contributed by atoms with E-state index < -0.39 is 23.7 Å². The van der Waals surface area contributed by atoms with Gasteiger partial charge in [0.15, 0.2) is 0 Å². The van der Waals surface area contributed by atoms with E-state index in [0.29, 0.717) is 6.07 Å². The fourth-order valence-electron chi connectivity index (χ4n) is 1.59. The Labute approximate surface area is 105 Å². The Kier molecular flexibility index (Phi) is 3.42. The quantitative estimate of drug-likeness (QED) is 0.731. The molecular weight excluding hydrogens is 267 g/mol. The highest BCUT2D eigenvalue weighted by Gasteiger charge is 2.31. The van der Waals surface area contributed by atoms with Crippen LogP contribution in [0.15, 0.2) is 42.5 Å². The van der Waals surface area contributed by atoms with E-state index in [2.05, 4.69) is 4.74 Å². The molecule has 0 fully saturated rings. The van der Waals surface area contributed by atoms with Crippen LogP contribution >= 0.6 is 0 Å². The lowest BCUT2D eigenvalue weighted by Gasteiger charge is -2.10. The Bertz CT molecular complexity index is 572. The highest BCUT2D eigenvalue weighted by Crippen LogP contribution is 2.28. The van der Waals surface area contributed by atoms with E-state index in [9.17, 15) is 22.0 Å². The maximum Gasteiger partial charge on any atom is 0.573 e. The molecule has 0 amide bonds. The summed E-state index contributed by atoms with van der Waals surface area (Å²) in [6.07, 6.45) is -4.81. The standard InChI is InChI=1S/C13H7F5O/c14-10-4-9(5-11(15)7-10)8-2-1-3-12(6-8)19-13(16,17)18/h1-7H. The molecule has 6 heteroatoms. The van der Waals surface area contributed by atoms with E-state index in [1.165, 1.54) is 12.1 Å². The molecular formula is C13H7F5O. The van der Waals surface area contributed by atoms with Crippen molar-refractivity contribution in [2.24, 2.45) is 0 Å². The summed E-state index contributed by atoms with van der Waals surface area (Å²) < 4.78 is 66.0. The molecule has 2 rings (SSSR count). The van der Waals surface area contributed by atoms with Gasteiger partial charge < -0.3 is 4.74 Å². The van der Waals surface area contributed by atoms with Crippen LogP contribution in [0.4, 0.5) is 22.0 Å². The number of alkyl halides is 3. The van der Waals surface area contributed by atoms with Crippen molar-refractivity contribution < 1.29 is 26.7 Å². The molecule has 0 spiro atoms. The smallest absolute Gasteiger partial charge is 0.406 e. The second-order valence-electron chi connectivity index (χ2n) is 3.73. The fraction of sp³-hybridized carbons (Fsp3) is 0.0769. The van der Waals surface area contributed by atoms with Crippen LogP contribution in [0.1, 0.15) is 0 Å². The molecule has 0 saturated heterocycles. The van der Waals surface area contributed by atoms with Gasteiger partial charge in [0.05, 0.1) is 0 Å². The van der Waals surface area contributed by atoms with Crippen LogP contribution in [-0.2, 0) is 0 Å². The molecule has 0 saturated carbocycles. The van der Waals surface area contributed by atoms with Crippen molar-refractivity contribution in [2.75, 3.05) is 0 Å². The summed E-state index contributed by atoms with van der Waals surface area (Å²) in [6.45, 7) is 0. The maximum absolute atomic E-state index is 13.0. The monoisotopic (exact) mass is 274 g/mol. The van der Waals surface area contributed by atoms with Crippen LogP contribution in [0.2, 0.25) is 0 Å². The summed E-state index contributed by atoms with van der Waals surface area (Å²) in [5, 5.41) is 0. The minimum Gasteiger partial charge on any atom is -0.406 e. The zero-order chi connectivity index (χ0) is 14.0. The molecule has 0 aromatic heterocycles. The zero-order valence-electron chi connectivity index (χ0n) is 9.34. The van der Waals surface area contributed by atoms with Crippen LogP contribution in [0.3, 0.4) is 0 Å². The van der Waals surface area contributed by atoms with Crippen LogP contribution in [0.25, 0.3) is 11.1 Å². The Morgan fingerprint density at radius 1 is 0.789 bits per heavy atom. The average molecular weight is 274 g/mol. The van der Waals surface area contributed by atoms with Crippen LogP contribution in [0, 0.1) is 11.6 Å². The molecule has 0 aliphatic rings. The van der Waals surface area contributed by atoms with E-state index in [0.717, 1.165) is 24.3 Å². The molecule has 0 unspecified atom stereocenters. The SMILES string of the molecule is Fc1cc(F)cc(-c2cccc(OC(F)(F)F)c2)c1. The van der Waals surface area contributed by atoms with Crippen LogP contribution in [-0.4, -0.2) is 6.36 Å². The van der Waals surface area contributed by atoms with E-state index in [1.807, 2.05) is 0 Å². The molecule has 1 nitrogen and oxygen atoms in total. The van der Waals surface area contributed by atoms with Gasteiger partial charge in [-0.1, -0.05) is 12.1 Å². The van der Waals surface area contributed by atoms with Gasteiger partial charge in [0.25, 0.3) is 0 Å². The van der Waals surface area contributed by atoms with Crippen LogP contribution < -0.4 is 4.74 Å². The normalized spacial score (nSPS) is 11.4. The zero-order valence-corrected chi connectivity index (χ0v) is 9.34. The first-order chi connectivity index (χ1) is 8.83. The van der Waals surface area contributed by atoms with Crippen molar-refractivity contribution >= 4 is 0 Å². The third kappa shape index (κ3) is 3.67. The number of ether oxygens (including phenoxy) is 1. The van der Waals surface area contributed by atoms with E-state index in [1.54, 1.807) is 0 Å². The van der Waals surface area contributed by atoms with Crippen molar-refractivity contribution in [1.82, 2.24) is 0 Å². The second kappa shape index (κ2) is 4.87. The molecule has 0 heterocycles. The van der Waals surface area contributed by atoms with Gasteiger partial charge in [-0.3, -0.25) is 0 Å². The van der Waals surface area contributed by atoms with Crippen molar-refractivity contribution in [1.29, 1.82) is 0 Å². The fourth-order valence-corrected chi connectivity index (χ4v) is 1.59. The summed E-state index contributed by atoms with van der Waals surface area (Å²) in [7, 11) is 0. The molecule has 100 valence electrons. The summed E-state index contributed by atoms with van der Waals surface area (Å²) in [4.78, 5) is 0. The number of hydrogen-bond donors (Lipinski definition) is 0. The number of halogens is 5. The average Bonchev–Trinajstić information content (AvgIpc) is 2.25. The topological polar surface area (TPSA) is 9.23 Å². The van der Waals surface area contributed by atoms with Gasteiger partial charge in [0.2, 0.25) is 0 Å². The third-order valence-electron chi connectivity index (χ3n) is 2.26. The van der Waals surface area contributed by atoms with Crippen molar-refractivity contribution in [2.45, 2.75) is 6.36 Å². The van der Waals surface area contributed by atoms with E-state index >= 15 is 0 Å². The lowest BCUT2D eigenvalue weighted by atomic mass is 10.1. The van der Waals surface area contributed by atoms with E-state index in [-0.39, 0.29) is 11.1 Å². The molecule has 0 aliphatic heterocycles. The van der Waals surface area contributed by atoms with Crippen molar-refractivity contribution in [3.05, 3.63) is 54.1 Å². The molecule has 19 heavy (non-hydrogen) atoms. The first kappa shape index (κ1) is 13.3. The summed E-state index contributed by atoms with van der Waals surface area (Å²) in [5.74, 6) is -2.07. The Morgan fingerprint density at radius 3 is 2.00 bits per heavy atom. The number of rotatable bonds is 2. The van der Waals surface area contributed by atoms with Gasteiger partial charge >= 0.3 is 6.36 Å². The highest BCUT2D eigenvalue weighted by atomic mass is 19.4. The van der Waals surface area contributed by atoms with Gasteiger partial charge in [0.1, 0.15) is 17.4 Å². The highest BCUT2D eigenvalue weighted by molar-refractivity contribution is 5.65. The first-order valence-electron chi connectivity index (χ1n) is 5.16. The number of hydrogen-bond acceptors (Lipinski definition) is 1. The lowest BCUT2D eigenvalue weighted by Crippen LogP contribution is -2.17. The summed E-state index contributed by atoms with van der Waals surface area (Å²) in [6, 6.07) is 7.62. The molecule has 0 radical (unpaired) electrons. The molecule has 0 bridgehead atoms. The largest absolute Gasteiger partial charge is 0.573 e. The van der Waals surface area contributed by atoms with Gasteiger partial charge in [-0.25, -0.2) is 8.78 Å². The lowest BCUT2D eigenvalue weighted by molar-refractivity contribution is -0.274. The number of benzene rings is 2. The molecule has 0 N–H and O–H groups in total. The minimum absolute atomic E-state index is 0.130. The summed E-state index contributed by atoms with van der Waals surface area (Å²) >= 11 is 0. The Morgan fingerprint density at radius 2 is 1.42 bits per heavy atom. The van der Waals surface area contributed by atoms with Gasteiger partial charge in [-0.05, 0) is 35.4 Å². The van der Waals surface area contributed by atoms with Gasteiger partial charge in [-0.15, -0.1) is 13.2 Å². The van der Waals surface area contributed by atoms with E-state index in [4.69, 9.17) is 0 Å². The van der Waals surface area contributed by atoms with Crippen molar-refractivity contribution in [3.8, 4) is 16.9 Å². The van der Waals surface area contributed by atoms with Crippen LogP contribution in [0.5, 0.6) is 5.75 Å². The van der Waals surface area contributed by atoms with Gasteiger partial charge in [-0.2, -0.15) is 0 Å². The predicted molar refractivity (Wildman–Crippen MR) is 58.5 cm³/mol. The molecule has 2 aromatic rings. The first-order valence-corrected chi connectivity index (χ1v) is 5.16. The molecule has 2 aromatic carbocycles. The second-order valence-corrected chi connectivity index (χ2v) is 3.73. The Hall–Kier alpha value is -2.11. The predicted octanol–water partition coefficient (Wildman–Crippen LogP) is 4.53. The Balaban J connectivity index is 2.37. The van der Waals surface area contributed by atoms with Gasteiger partial charge in [0, 0.05) is 6.07 Å². The third-order valence-corrected chi connectivity index (χ3v) is 2.26. The minimum atomic E-state index is -4.81. The molecule has 0 aliphatic carbocycles. The summed E-state index contributed by atoms with van der Waals surface area (Å²) in [5.41, 5.74) is 0.352.